The standard InChI is InChI=1S/C12H23N3O3S/c1-19-7-4-10(12(17)18)14-11(16)8-15-5-2-9(13)3-6-15/h9-10H,2-8,13H2,1H3,(H,14,16)(H,17,18)/t10-/m0/s1. The van der Waals surface area contributed by atoms with Gasteiger partial charge in [-0.25, -0.2) is 4.79 Å². The Morgan fingerprint density at radius 1 is 1.47 bits per heavy atom. The van der Waals surface area contributed by atoms with E-state index in [-0.39, 0.29) is 18.5 Å². The topological polar surface area (TPSA) is 95.7 Å². The number of carbonyl (C=O) groups excluding carboxylic acids is 1. The van der Waals surface area contributed by atoms with Gasteiger partial charge in [0.25, 0.3) is 0 Å². The van der Waals surface area contributed by atoms with E-state index in [1.165, 1.54) is 0 Å². The number of likely N-dealkylation sites (tertiary alicyclic amines) is 1. The summed E-state index contributed by atoms with van der Waals surface area (Å²) in [4.78, 5) is 24.9. The van der Waals surface area contributed by atoms with Gasteiger partial charge in [-0.3, -0.25) is 9.69 Å². The van der Waals surface area contributed by atoms with Gasteiger partial charge in [-0.1, -0.05) is 0 Å². The van der Waals surface area contributed by atoms with E-state index in [4.69, 9.17) is 10.8 Å². The van der Waals surface area contributed by atoms with Crippen LogP contribution in [0.1, 0.15) is 19.3 Å². The average Bonchev–Trinajstić information content (AvgIpc) is 2.37. The van der Waals surface area contributed by atoms with Crippen molar-refractivity contribution in [2.45, 2.75) is 31.3 Å². The zero-order valence-electron chi connectivity index (χ0n) is 11.3. The number of nitrogens with one attached hydrogen (secondary N) is 1. The van der Waals surface area contributed by atoms with Crippen molar-refractivity contribution in [1.82, 2.24) is 10.2 Å². The molecule has 0 aliphatic carbocycles. The molecule has 0 spiro atoms. The predicted molar refractivity (Wildman–Crippen MR) is 76.2 cm³/mol. The van der Waals surface area contributed by atoms with E-state index in [1.807, 2.05) is 11.2 Å². The number of amides is 1. The fourth-order valence-corrected chi connectivity index (χ4v) is 2.52. The molecule has 0 bridgehead atoms. The van der Waals surface area contributed by atoms with Gasteiger partial charge in [0, 0.05) is 19.1 Å². The normalized spacial score (nSPS) is 19.1. The molecule has 0 radical (unpaired) electrons. The Morgan fingerprint density at radius 3 is 2.63 bits per heavy atom. The van der Waals surface area contributed by atoms with Gasteiger partial charge in [0.15, 0.2) is 0 Å². The quantitative estimate of drug-likeness (QED) is 0.597. The van der Waals surface area contributed by atoms with Crippen molar-refractivity contribution in [3.8, 4) is 0 Å². The summed E-state index contributed by atoms with van der Waals surface area (Å²) in [6.45, 7) is 1.87. The number of carbonyl (C=O) groups is 2. The summed E-state index contributed by atoms with van der Waals surface area (Å²) in [7, 11) is 0. The number of carboxylic acids is 1. The van der Waals surface area contributed by atoms with Crippen LogP contribution in [-0.4, -0.2) is 65.6 Å². The third kappa shape index (κ3) is 6.26. The van der Waals surface area contributed by atoms with Crippen molar-refractivity contribution >= 4 is 23.6 Å². The van der Waals surface area contributed by atoms with Crippen LogP contribution in [0.15, 0.2) is 0 Å². The van der Waals surface area contributed by atoms with Crippen molar-refractivity contribution in [2.24, 2.45) is 5.73 Å². The van der Waals surface area contributed by atoms with Gasteiger partial charge >= 0.3 is 5.97 Å². The number of carboxylic acid groups (broad SMARTS) is 1. The first-order chi connectivity index (χ1) is 9.02. The number of nitrogens with zero attached hydrogens (tertiary/aromatic N) is 1. The Bertz CT molecular complexity index is 307. The number of aliphatic carboxylic acids is 1. The molecule has 0 unspecified atom stereocenters. The van der Waals surface area contributed by atoms with E-state index >= 15 is 0 Å². The Hall–Kier alpha value is -0.790. The molecule has 0 saturated carbocycles. The first-order valence-electron chi connectivity index (χ1n) is 6.52. The lowest BCUT2D eigenvalue weighted by atomic mass is 10.1. The minimum Gasteiger partial charge on any atom is -0.480 e. The molecule has 6 nitrogen and oxygen atoms in total. The van der Waals surface area contributed by atoms with Gasteiger partial charge in [0.2, 0.25) is 5.91 Å². The number of piperidine rings is 1. The van der Waals surface area contributed by atoms with Gasteiger partial charge in [-0.05, 0) is 31.3 Å². The van der Waals surface area contributed by atoms with E-state index < -0.39 is 12.0 Å². The van der Waals surface area contributed by atoms with Crippen molar-refractivity contribution in [1.29, 1.82) is 0 Å². The number of nitrogens with two attached hydrogens (primary N) is 1. The number of hydrogen-bond donors (Lipinski definition) is 3. The molecular weight excluding hydrogens is 266 g/mol. The van der Waals surface area contributed by atoms with Crippen LogP contribution in [0.5, 0.6) is 0 Å². The van der Waals surface area contributed by atoms with E-state index in [2.05, 4.69) is 5.32 Å². The fraction of sp³-hybridized carbons (Fsp3) is 0.833. The molecule has 1 rings (SSSR count). The summed E-state index contributed by atoms with van der Waals surface area (Å²) >= 11 is 1.57. The van der Waals surface area contributed by atoms with E-state index in [9.17, 15) is 9.59 Å². The van der Waals surface area contributed by atoms with E-state index in [1.54, 1.807) is 11.8 Å². The summed E-state index contributed by atoms with van der Waals surface area (Å²) in [6, 6.07) is -0.556. The fourth-order valence-electron chi connectivity index (χ4n) is 2.05. The lowest BCUT2D eigenvalue weighted by Gasteiger charge is -2.29. The molecule has 1 aliphatic rings. The largest absolute Gasteiger partial charge is 0.480 e. The Kier molecular flexibility index (Phi) is 7.19. The number of hydrogen-bond acceptors (Lipinski definition) is 5. The highest BCUT2D eigenvalue weighted by Gasteiger charge is 2.22. The van der Waals surface area contributed by atoms with E-state index in [0.29, 0.717) is 6.42 Å². The number of thioether (sulfide) groups is 1. The second-order valence-electron chi connectivity index (χ2n) is 4.85. The van der Waals surface area contributed by atoms with Crippen LogP contribution in [-0.2, 0) is 9.59 Å². The van der Waals surface area contributed by atoms with Crippen LogP contribution in [0.4, 0.5) is 0 Å². The van der Waals surface area contributed by atoms with Crippen LogP contribution in [0, 0.1) is 0 Å². The van der Waals surface area contributed by atoms with Crippen molar-refractivity contribution < 1.29 is 14.7 Å². The number of rotatable bonds is 7. The molecule has 7 heteroatoms. The molecule has 1 fully saturated rings. The zero-order chi connectivity index (χ0) is 14.3. The van der Waals surface area contributed by atoms with E-state index in [0.717, 1.165) is 31.7 Å². The lowest BCUT2D eigenvalue weighted by Crippen LogP contribution is -2.48. The van der Waals surface area contributed by atoms with Crippen LogP contribution in [0.3, 0.4) is 0 Å². The van der Waals surface area contributed by atoms with Gasteiger partial charge in [-0.15, -0.1) is 0 Å². The average molecular weight is 289 g/mol. The Morgan fingerprint density at radius 2 is 2.11 bits per heavy atom. The van der Waals surface area contributed by atoms with Gasteiger partial charge < -0.3 is 16.2 Å². The van der Waals surface area contributed by atoms with Gasteiger partial charge in [0.05, 0.1) is 6.54 Å². The third-order valence-electron chi connectivity index (χ3n) is 3.24. The van der Waals surface area contributed by atoms with Crippen molar-refractivity contribution in [3.63, 3.8) is 0 Å². The molecule has 0 aromatic heterocycles. The summed E-state index contributed by atoms with van der Waals surface area (Å²) in [6.07, 6.45) is 4.15. The van der Waals surface area contributed by atoms with Gasteiger partial charge in [-0.2, -0.15) is 11.8 Å². The summed E-state index contributed by atoms with van der Waals surface area (Å²) < 4.78 is 0. The minimum absolute atomic E-state index is 0.219. The van der Waals surface area contributed by atoms with Crippen LogP contribution >= 0.6 is 11.8 Å². The molecule has 0 aromatic carbocycles. The third-order valence-corrected chi connectivity index (χ3v) is 3.89. The van der Waals surface area contributed by atoms with Crippen molar-refractivity contribution in [3.05, 3.63) is 0 Å². The van der Waals surface area contributed by atoms with Crippen LogP contribution in [0.25, 0.3) is 0 Å². The SMILES string of the molecule is CSCC[C@H](NC(=O)CN1CCC(N)CC1)C(=O)O. The highest BCUT2D eigenvalue weighted by molar-refractivity contribution is 7.98. The molecule has 1 heterocycles. The molecule has 110 valence electrons. The van der Waals surface area contributed by atoms with Crippen LogP contribution in [0.2, 0.25) is 0 Å². The summed E-state index contributed by atoms with van der Waals surface area (Å²) in [5.74, 6) is -0.470. The van der Waals surface area contributed by atoms with Crippen molar-refractivity contribution in [2.75, 3.05) is 31.6 Å². The molecule has 1 aliphatic heterocycles. The first-order valence-corrected chi connectivity index (χ1v) is 7.91. The highest BCUT2D eigenvalue weighted by Crippen LogP contribution is 2.07. The molecule has 4 N–H and O–H groups in total. The maximum absolute atomic E-state index is 11.8. The summed E-state index contributed by atoms with van der Waals surface area (Å²) in [5.41, 5.74) is 5.80. The molecule has 1 saturated heterocycles. The zero-order valence-corrected chi connectivity index (χ0v) is 12.1. The summed E-state index contributed by atoms with van der Waals surface area (Å²) in [5, 5.41) is 11.6. The molecule has 1 amide bonds. The first kappa shape index (κ1) is 16.3. The molecule has 0 aromatic rings. The Labute approximate surface area is 118 Å². The second-order valence-corrected chi connectivity index (χ2v) is 5.84. The maximum atomic E-state index is 11.8. The molecule has 19 heavy (non-hydrogen) atoms. The highest BCUT2D eigenvalue weighted by atomic mass is 32.2. The molecular formula is C12H23N3O3S. The lowest BCUT2D eigenvalue weighted by molar-refractivity contribution is -0.142. The Balaban J connectivity index is 2.33. The predicted octanol–water partition coefficient (Wildman–Crippen LogP) is -0.268. The maximum Gasteiger partial charge on any atom is 0.326 e. The van der Waals surface area contributed by atoms with Crippen LogP contribution < -0.4 is 11.1 Å². The smallest absolute Gasteiger partial charge is 0.326 e. The second kappa shape index (κ2) is 8.39. The van der Waals surface area contributed by atoms with Gasteiger partial charge in [0.1, 0.15) is 6.04 Å². The molecule has 1 atom stereocenters. The minimum atomic E-state index is -0.969. The monoisotopic (exact) mass is 289 g/mol.